The summed E-state index contributed by atoms with van der Waals surface area (Å²) in [7, 11) is -4.78. The molecular weight excluding hydrogens is 309 g/mol. The van der Waals surface area contributed by atoms with Gasteiger partial charge in [-0.15, -0.1) is 0 Å². The van der Waals surface area contributed by atoms with E-state index in [0.717, 1.165) is 4.57 Å². The van der Waals surface area contributed by atoms with Gasteiger partial charge in [0.05, 0.1) is 0 Å². The third kappa shape index (κ3) is 3.40. The highest BCUT2D eigenvalue weighted by Gasteiger charge is 2.38. The molecule has 0 saturated heterocycles. The fourth-order valence-electron chi connectivity index (χ4n) is 1.65. The summed E-state index contributed by atoms with van der Waals surface area (Å²) in [5, 5.41) is 19.4. The van der Waals surface area contributed by atoms with Crippen molar-refractivity contribution in [3.8, 4) is 0 Å². The van der Waals surface area contributed by atoms with Gasteiger partial charge in [-0.05, 0) is 6.07 Å². The van der Waals surface area contributed by atoms with Gasteiger partial charge in [0.15, 0.2) is 17.6 Å². The van der Waals surface area contributed by atoms with Crippen molar-refractivity contribution >= 4 is 13.6 Å². The maximum Gasteiger partial charge on any atom is 0.470 e. The van der Waals surface area contributed by atoms with E-state index < -0.39 is 44.0 Å². The molecular formula is C9H12N3O8P. The van der Waals surface area contributed by atoms with Crippen LogP contribution in [0.15, 0.2) is 28.6 Å². The first-order chi connectivity index (χ1) is 9.69. The number of phosphoric acid groups is 1. The zero-order valence-corrected chi connectivity index (χ0v) is 11.3. The highest BCUT2D eigenvalue weighted by atomic mass is 31.2. The van der Waals surface area contributed by atoms with Crippen molar-refractivity contribution in [1.29, 1.82) is 0 Å². The molecule has 1 aliphatic heterocycles. The molecule has 0 unspecified atom stereocenters. The number of nitrogen functional groups attached to an aromatic ring is 1. The van der Waals surface area contributed by atoms with Gasteiger partial charge >= 0.3 is 13.5 Å². The van der Waals surface area contributed by atoms with Gasteiger partial charge in [0.2, 0.25) is 6.23 Å². The minimum Gasteiger partial charge on any atom is -0.506 e. The highest BCUT2D eigenvalue weighted by Crippen LogP contribution is 2.38. The van der Waals surface area contributed by atoms with Crippen LogP contribution in [0.5, 0.6) is 0 Å². The second-order valence-electron chi connectivity index (χ2n) is 4.07. The van der Waals surface area contributed by atoms with E-state index in [0.29, 0.717) is 0 Å². The van der Waals surface area contributed by atoms with E-state index in [2.05, 4.69) is 9.51 Å². The van der Waals surface area contributed by atoms with Crippen molar-refractivity contribution in [3.05, 3.63) is 34.3 Å². The Morgan fingerprint density at radius 2 is 2.19 bits per heavy atom. The Hall–Kier alpha value is -1.91. The zero-order valence-electron chi connectivity index (χ0n) is 10.4. The Kier molecular flexibility index (Phi) is 4.03. The number of hydrogen-bond acceptors (Lipinski definition) is 8. The Bertz CT molecular complexity index is 680. The van der Waals surface area contributed by atoms with Crippen LogP contribution in [0, 0.1) is 0 Å². The van der Waals surface area contributed by atoms with Gasteiger partial charge in [-0.3, -0.25) is 9.09 Å². The summed E-state index contributed by atoms with van der Waals surface area (Å²) >= 11 is 0. The molecule has 6 N–H and O–H groups in total. The molecule has 21 heavy (non-hydrogen) atoms. The second kappa shape index (κ2) is 5.47. The van der Waals surface area contributed by atoms with E-state index in [-0.39, 0.29) is 5.82 Å². The normalized spacial score (nSPS) is 22.4. The smallest absolute Gasteiger partial charge is 0.470 e. The molecule has 0 radical (unpaired) electrons. The summed E-state index contributed by atoms with van der Waals surface area (Å²) in [6.07, 6.45) is -1.78. The lowest BCUT2D eigenvalue weighted by molar-refractivity contribution is -0.0170. The van der Waals surface area contributed by atoms with Crippen LogP contribution in [0.2, 0.25) is 0 Å². The van der Waals surface area contributed by atoms with Crippen molar-refractivity contribution in [2.45, 2.75) is 12.3 Å². The predicted molar refractivity (Wildman–Crippen MR) is 66.7 cm³/mol. The van der Waals surface area contributed by atoms with Gasteiger partial charge in [-0.25, -0.2) is 9.36 Å². The van der Waals surface area contributed by atoms with Gasteiger partial charge in [0.1, 0.15) is 12.4 Å². The standard InChI is InChI=1S/C9H12N3O8P/c10-5-1-2-12(9(15)11-5)8-7(14)6(13)4(20-8)3-19-21(16,17)18/h1-2,7-8,13-14H,3H2,(H2,10,11,15)(H2,16,17,18)/t7-,8-/m1/s1. The molecule has 0 fully saturated rings. The number of anilines is 1. The average molecular weight is 321 g/mol. The lowest BCUT2D eigenvalue weighted by atomic mass is 10.2. The van der Waals surface area contributed by atoms with E-state index >= 15 is 0 Å². The topological polar surface area (TPSA) is 177 Å². The SMILES string of the molecule is Nc1ccn([C@@H]2OC(COP(=O)(O)O)=C(O)[C@H]2O)c(=O)n1. The number of aromatic nitrogens is 2. The van der Waals surface area contributed by atoms with Crippen LogP contribution in [0.1, 0.15) is 6.23 Å². The van der Waals surface area contributed by atoms with Crippen LogP contribution in [-0.4, -0.2) is 42.3 Å². The van der Waals surface area contributed by atoms with E-state index in [1.54, 1.807) is 0 Å². The largest absolute Gasteiger partial charge is 0.506 e. The lowest BCUT2D eigenvalue weighted by Crippen LogP contribution is -2.33. The number of phosphoric ester groups is 1. The molecule has 2 atom stereocenters. The highest BCUT2D eigenvalue weighted by molar-refractivity contribution is 7.46. The minimum absolute atomic E-state index is 0.0361. The molecule has 0 aromatic carbocycles. The Morgan fingerprint density at radius 1 is 1.52 bits per heavy atom. The van der Waals surface area contributed by atoms with E-state index in [1.807, 2.05) is 0 Å². The third-order valence-corrected chi connectivity index (χ3v) is 3.05. The monoisotopic (exact) mass is 321 g/mol. The molecule has 0 aliphatic carbocycles. The first-order valence-electron chi connectivity index (χ1n) is 5.50. The first-order valence-corrected chi connectivity index (χ1v) is 7.03. The number of nitrogens with zero attached hydrogens (tertiary/aromatic N) is 2. The molecule has 0 amide bonds. The average Bonchev–Trinajstić information content (AvgIpc) is 2.64. The van der Waals surface area contributed by atoms with Crippen molar-refractivity contribution in [1.82, 2.24) is 9.55 Å². The van der Waals surface area contributed by atoms with Gasteiger partial charge < -0.3 is 30.5 Å². The number of aliphatic hydroxyl groups excluding tert-OH is 2. The van der Waals surface area contributed by atoms with Crippen molar-refractivity contribution in [2.24, 2.45) is 0 Å². The molecule has 2 rings (SSSR count). The van der Waals surface area contributed by atoms with Crippen LogP contribution in [0.3, 0.4) is 0 Å². The van der Waals surface area contributed by atoms with Crippen LogP contribution in [0.4, 0.5) is 5.82 Å². The van der Waals surface area contributed by atoms with Gasteiger partial charge in [0, 0.05) is 6.20 Å². The first kappa shape index (κ1) is 15.5. The minimum atomic E-state index is -4.78. The predicted octanol–water partition coefficient (Wildman–Crippen LogP) is -1.41. The Balaban J connectivity index is 2.20. The van der Waals surface area contributed by atoms with Crippen LogP contribution < -0.4 is 11.4 Å². The summed E-state index contributed by atoms with van der Waals surface area (Å²) in [6, 6.07) is 1.28. The quantitative estimate of drug-likeness (QED) is 0.414. The van der Waals surface area contributed by atoms with Gasteiger partial charge in [-0.1, -0.05) is 0 Å². The molecule has 12 heteroatoms. The molecule has 0 saturated carbocycles. The third-order valence-electron chi connectivity index (χ3n) is 2.59. The molecule has 1 aromatic heterocycles. The van der Waals surface area contributed by atoms with Crippen molar-refractivity contribution in [2.75, 3.05) is 12.3 Å². The molecule has 1 aliphatic rings. The second-order valence-corrected chi connectivity index (χ2v) is 5.31. The van der Waals surface area contributed by atoms with Gasteiger partial charge in [-0.2, -0.15) is 4.98 Å². The van der Waals surface area contributed by atoms with Crippen molar-refractivity contribution in [3.63, 3.8) is 0 Å². The Labute approximate surface area is 117 Å². The number of aliphatic hydroxyl groups is 2. The molecule has 1 aromatic rings. The Morgan fingerprint density at radius 3 is 2.76 bits per heavy atom. The van der Waals surface area contributed by atoms with Crippen LogP contribution >= 0.6 is 7.82 Å². The molecule has 0 bridgehead atoms. The zero-order chi connectivity index (χ0) is 15.8. The van der Waals surface area contributed by atoms with Crippen molar-refractivity contribution < 1.29 is 33.8 Å². The number of hydrogen-bond donors (Lipinski definition) is 5. The summed E-state index contributed by atoms with van der Waals surface area (Å²) < 4.78 is 20.7. The van der Waals surface area contributed by atoms with E-state index in [9.17, 15) is 19.6 Å². The molecule has 2 heterocycles. The number of nitrogens with two attached hydrogens (primary N) is 1. The summed E-state index contributed by atoms with van der Waals surface area (Å²) in [5.74, 6) is -1.14. The maximum atomic E-state index is 11.6. The lowest BCUT2D eigenvalue weighted by Gasteiger charge is -2.17. The molecule has 116 valence electrons. The molecule has 0 spiro atoms. The summed E-state index contributed by atoms with van der Waals surface area (Å²) in [4.78, 5) is 32.2. The van der Waals surface area contributed by atoms with E-state index in [4.69, 9.17) is 20.3 Å². The number of rotatable bonds is 4. The summed E-state index contributed by atoms with van der Waals surface area (Å²) in [5.41, 5.74) is 4.49. The van der Waals surface area contributed by atoms with Gasteiger partial charge in [0.25, 0.3) is 0 Å². The summed E-state index contributed by atoms with van der Waals surface area (Å²) in [6.45, 7) is -0.777. The maximum absolute atomic E-state index is 11.6. The number of ether oxygens (including phenoxy) is 1. The van der Waals surface area contributed by atoms with E-state index in [1.165, 1.54) is 12.3 Å². The molecule has 11 nitrogen and oxygen atoms in total. The van der Waals surface area contributed by atoms with Crippen LogP contribution in [-0.2, 0) is 13.8 Å². The van der Waals surface area contributed by atoms with Crippen LogP contribution in [0.25, 0.3) is 0 Å². The fourth-order valence-corrected chi connectivity index (χ4v) is 1.94. The fraction of sp³-hybridized carbons (Fsp3) is 0.333.